The van der Waals surface area contributed by atoms with Crippen LogP contribution in [0.4, 0.5) is 0 Å². The molecule has 1 aliphatic carbocycles. The summed E-state index contributed by atoms with van der Waals surface area (Å²) in [5.41, 5.74) is 2.75. The van der Waals surface area contributed by atoms with Gasteiger partial charge in [-0.25, -0.2) is 4.68 Å². The second-order valence-electron chi connectivity index (χ2n) is 6.17. The van der Waals surface area contributed by atoms with Crippen LogP contribution in [-0.4, -0.2) is 20.9 Å². The second kappa shape index (κ2) is 6.24. The van der Waals surface area contributed by atoms with Crippen molar-refractivity contribution in [2.75, 3.05) is 0 Å². The number of nitrogens with one attached hydrogen (secondary N) is 1. The van der Waals surface area contributed by atoms with Gasteiger partial charge in [-0.05, 0) is 48.6 Å². The minimum atomic E-state index is -0.0579. The van der Waals surface area contributed by atoms with Crippen molar-refractivity contribution in [2.45, 2.75) is 25.4 Å². The SMILES string of the molecule is O=C(Cn1nnc2ccccc21)NC(c1ccc(Cl)cc1)C1CC1. The van der Waals surface area contributed by atoms with Gasteiger partial charge < -0.3 is 5.32 Å². The number of hydrogen-bond acceptors (Lipinski definition) is 3. The molecule has 0 radical (unpaired) electrons. The zero-order chi connectivity index (χ0) is 16.5. The Balaban J connectivity index is 1.50. The fourth-order valence-electron chi connectivity index (χ4n) is 2.96. The van der Waals surface area contributed by atoms with Crippen LogP contribution in [0.15, 0.2) is 48.5 Å². The summed E-state index contributed by atoms with van der Waals surface area (Å²) < 4.78 is 1.64. The zero-order valence-corrected chi connectivity index (χ0v) is 13.8. The van der Waals surface area contributed by atoms with Gasteiger partial charge in [0, 0.05) is 5.02 Å². The van der Waals surface area contributed by atoms with Crippen molar-refractivity contribution in [1.82, 2.24) is 20.3 Å². The average molecular weight is 341 g/mol. The van der Waals surface area contributed by atoms with Crippen LogP contribution < -0.4 is 5.32 Å². The molecule has 1 heterocycles. The largest absolute Gasteiger partial charge is 0.347 e. The van der Waals surface area contributed by atoms with Crippen molar-refractivity contribution in [3.8, 4) is 0 Å². The van der Waals surface area contributed by atoms with Crippen LogP contribution in [0.2, 0.25) is 5.02 Å². The van der Waals surface area contributed by atoms with Crippen LogP contribution in [0, 0.1) is 5.92 Å². The van der Waals surface area contributed by atoms with Gasteiger partial charge in [-0.3, -0.25) is 4.79 Å². The number of rotatable bonds is 5. The molecule has 1 atom stereocenters. The number of hydrogen-bond donors (Lipinski definition) is 1. The molecule has 2 aromatic carbocycles. The molecule has 3 aromatic rings. The highest BCUT2D eigenvalue weighted by Crippen LogP contribution is 2.41. The van der Waals surface area contributed by atoms with Crippen LogP contribution in [0.25, 0.3) is 11.0 Å². The number of amides is 1. The monoisotopic (exact) mass is 340 g/mol. The molecule has 1 aliphatic rings. The average Bonchev–Trinajstić information content (AvgIpc) is 3.36. The Morgan fingerprint density at radius 3 is 2.71 bits per heavy atom. The number of para-hydroxylation sites is 1. The van der Waals surface area contributed by atoms with Crippen LogP contribution >= 0.6 is 11.6 Å². The van der Waals surface area contributed by atoms with Crippen molar-refractivity contribution in [1.29, 1.82) is 0 Å². The summed E-state index contributed by atoms with van der Waals surface area (Å²) in [6.45, 7) is 0.164. The molecule has 4 rings (SSSR count). The van der Waals surface area contributed by atoms with Gasteiger partial charge >= 0.3 is 0 Å². The molecular formula is C18H17ClN4O. The number of nitrogens with zero attached hydrogens (tertiary/aromatic N) is 3. The lowest BCUT2D eigenvalue weighted by molar-refractivity contribution is -0.122. The van der Waals surface area contributed by atoms with E-state index < -0.39 is 0 Å². The van der Waals surface area contributed by atoms with E-state index in [0.29, 0.717) is 10.9 Å². The first-order valence-electron chi connectivity index (χ1n) is 8.04. The maximum absolute atomic E-state index is 12.5. The fraction of sp³-hybridized carbons (Fsp3) is 0.278. The summed E-state index contributed by atoms with van der Waals surface area (Å²) in [7, 11) is 0. The molecule has 1 aromatic heterocycles. The van der Waals surface area contributed by atoms with E-state index in [4.69, 9.17) is 11.6 Å². The van der Waals surface area contributed by atoms with Gasteiger partial charge in [0.25, 0.3) is 0 Å². The minimum Gasteiger partial charge on any atom is -0.347 e. The van der Waals surface area contributed by atoms with Gasteiger partial charge in [-0.1, -0.05) is 41.1 Å². The Hall–Kier alpha value is -2.40. The number of carbonyl (C=O) groups excluding carboxylic acids is 1. The molecule has 1 fully saturated rings. The summed E-state index contributed by atoms with van der Waals surface area (Å²) in [6.07, 6.45) is 2.28. The van der Waals surface area contributed by atoms with E-state index >= 15 is 0 Å². The van der Waals surface area contributed by atoms with Crippen molar-refractivity contribution in [3.63, 3.8) is 0 Å². The van der Waals surface area contributed by atoms with Crippen LogP contribution in [-0.2, 0) is 11.3 Å². The lowest BCUT2D eigenvalue weighted by Crippen LogP contribution is -2.33. The lowest BCUT2D eigenvalue weighted by Gasteiger charge is -2.19. The minimum absolute atomic E-state index is 0.0320. The normalized spacial score (nSPS) is 15.4. The molecule has 0 spiro atoms. The molecule has 1 unspecified atom stereocenters. The van der Waals surface area contributed by atoms with Crippen molar-refractivity contribution in [2.24, 2.45) is 5.92 Å². The van der Waals surface area contributed by atoms with Crippen LogP contribution in [0.1, 0.15) is 24.4 Å². The van der Waals surface area contributed by atoms with Gasteiger partial charge in [0.15, 0.2) is 0 Å². The Morgan fingerprint density at radius 2 is 1.96 bits per heavy atom. The Labute approximate surface area is 144 Å². The maximum Gasteiger partial charge on any atom is 0.242 e. The van der Waals surface area contributed by atoms with Gasteiger partial charge in [-0.2, -0.15) is 0 Å². The molecule has 1 amide bonds. The summed E-state index contributed by atoms with van der Waals surface area (Å²) in [6, 6.07) is 15.4. The molecule has 24 heavy (non-hydrogen) atoms. The van der Waals surface area contributed by atoms with Crippen molar-refractivity contribution in [3.05, 3.63) is 59.1 Å². The zero-order valence-electron chi connectivity index (χ0n) is 13.0. The molecular weight excluding hydrogens is 324 g/mol. The highest BCUT2D eigenvalue weighted by atomic mass is 35.5. The van der Waals surface area contributed by atoms with Gasteiger partial charge in [0.2, 0.25) is 5.91 Å². The highest BCUT2D eigenvalue weighted by Gasteiger charge is 2.33. The first kappa shape index (κ1) is 15.1. The Bertz CT molecular complexity index is 870. The van der Waals surface area contributed by atoms with E-state index in [-0.39, 0.29) is 18.5 Å². The topological polar surface area (TPSA) is 59.8 Å². The summed E-state index contributed by atoms with van der Waals surface area (Å²) in [4.78, 5) is 12.5. The first-order chi connectivity index (χ1) is 11.7. The fourth-order valence-corrected chi connectivity index (χ4v) is 3.09. The number of carbonyl (C=O) groups is 1. The second-order valence-corrected chi connectivity index (χ2v) is 6.61. The van der Waals surface area contributed by atoms with E-state index in [1.165, 1.54) is 0 Å². The van der Waals surface area contributed by atoms with E-state index in [0.717, 1.165) is 29.4 Å². The number of aromatic nitrogens is 3. The lowest BCUT2D eigenvalue weighted by atomic mass is 10.0. The third-order valence-electron chi connectivity index (χ3n) is 4.35. The first-order valence-corrected chi connectivity index (χ1v) is 8.41. The molecule has 0 saturated heterocycles. The Kier molecular flexibility index (Phi) is 3.94. The highest BCUT2D eigenvalue weighted by molar-refractivity contribution is 6.30. The smallest absolute Gasteiger partial charge is 0.242 e. The van der Waals surface area contributed by atoms with E-state index in [1.54, 1.807) is 4.68 Å². The predicted octanol–water partition coefficient (Wildman–Crippen LogP) is 3.35. The van der Waals surface area contributed by atoms with Gasteiger partial charge in [0.05, 0.1) is 11.6 Å². The molecule has 122 valence electrons. The summed E-state index contributed by atoms with van der Waals surface area (Å²) in [5.74, 6) is 0.445. The van der Waals surface area contributed by atoms with E-state index in [9.17, 15) is 4.79 Å². The molecule has 0 aliphatic heterocycles. The summed E-state index contributed by atoms with van der Waals surface area (Å²) >= 11 is 5.96. The third kappa shape index (κ3) is 3.12. The van der Waals surface area contributed by atoms with Gasteiger partial charge in [-0.15, -0.1) is 5.10 Å². The Morgan fingerprint density at radius 1 is 1.21 bits per heavy atom. The predicted molar refractivity (Wildman–Crippen MR) is 92.6 cm³/mol. The molecule has 6 heteroatoms. The van der Waals surface area contributed by atoms with Crippen molar-refractivity contribution >= 4 is 28.5 Å². The maximum atomic E-state index is 12.5. The molecule has 5 nitrogen and oxygen atoms in total. The summed E-state index contributed by atoms with van der Waals surface area (Å²) in [5, 5.41) is 12.0. The van der Waals surface area contributed by atoms with Crippen molar-refractivity contribution < 1.29 is 4.79 Å². The van der Waals surface area contributed by atoms with Gasteiger partial charge in [0.1, 0.15) is 12.1 Å². The number of halogens is 1. The van der Waals surface area contributed by atoms with E-state index in [1.807, 2.05) is 48.5 Å². The quantitative estimate of drug-likeness (QED) is 0.774. The van der Waals surface area contributed by atoms with E-state index in [2.05, 4.69) is 15.6 Å². The third-order valence-corrected chi connectivity index (χ3v) is 4.60. The van der Waals surface area contributed by atoms with Crippen LogP contribution in [0.5, 0.6) is 0 Å². The van der Waals surface area contributed by atoms with Crippen LogP contribution in [0.3, 0.4) is 0 Å². The standard InChI is InChI=1S/C18H17ClN4O/c19-14-9-7-13(8-10-14)18(12-5-6-12)20-17(24)11-23-16-4-2-1-3-15(16)21-22-23/h1-4,7-10,12,18H,5-6,11H2,(H,20,24). The molecule has 0 bridgehead atoms. The number of fused-ring (bicyclic) bond motifs is 1. The molecule has 1 saturated carbocycles. The number of benzene rings is 2. The molecule has 1 N–H and O–H groups in total.